The number of allylic oxidation sites excluding steroid dienone is 5. The van der Waals surface area contributed by atoms with E-state index in [9.17, 15) is 18.3 Å². The number of aryl methyl sites for hydroxylation is 1. The molecule has 1 aliphatic rings. The Hall–Kier alpha value is -2.01. The van der Waals surface area contributed by atoms with Gasteiger partial charge in [-0.25, -0.2) is 0 Å². The SMILES string of the molecule is CCC/C(C)=C/C=C\C=C\c1cc(OC)c(C(O)(C2CCCC2)C(F)(F)F)cc1C. The summed E-state index contributed by atoms with van der Waals surface area (Å²) in [6, 6.07) is 3.01. The van der Waals surface area contributed by atoms with Gasteiger partial charge in [-0.05, 0) is 56.4 Å². The second kappa shape index (κ2) is 10.3. The number of hydrogen-bond donors (Lipinski definition) is 1. The van der Waals surface area contributed by atoms with Crippen LogP contribution in [0.4, 0.5) is 13.2 Å². The Balaban J connectivity index is 2.38. The first-order valence-electron chi connectivity index (χ1n) is 10.6. The van der Waals surface area contributed by atoms with Gasteiger partial charge in [-0.2, -0.15) is 13.2 Å². The van der Waals surface area contributed by atoms with Crippen molar-refractivity contribution in [1.82, 2.24) is 0 Å². The van der Waals surface area contributed by atoms with E-state index in [-0.39, 0.29) is 11.3 Å². The predicted molar refractivity (Wildman–Crippen MR) is 116 cm³/mol. The Kier molecular flexibility index (Phi) is 8.36. The van der Waals surface area contributed by atoms with Crippen LogP contribution in [0.15, 0.2) is 42.0 Å². The molecule has 1 aromatic carbocycles. The number of aliphatic hydroxyl groups is 1. The molecule has 0 spiro atoms. The smallest absolute Gasteiger partial charge is 0.421 e. The van der Waals surface area contributed by atoms with Crippen LogP contribution in [0.25, 0.3) is 6.08 Å². The van der Waals surface area contributed by atoms with Gasteiger partial charge in [0.15, 0.2) is 5.60 Å². The highest BCUT2D eigenvalue weighted by Gasteiger charge is 2.60. The summed E-state index contributed by atoms with van der Waals surface area (Å²) in [6.45, 7) is 5.97. The molecule has 1 saturated carbocycles. The van der Waals surface area contributed by atoms with Crippen molar-refractivity contribution in [2.75, 3.05) is 7.11 Å². The lowest BCUT2D eigenvalue weighted by Gasteiger charge is -2.37. The molecule has 2 rings (SSSR count). The highest BCUT2D eigenvalue weighted by molar-refractivity contribution is 5.60. The van der Waals surface area contributed by atoms with Crippen molar-refractivity contribution in [3.63, 3.8) is 0 Å². The minimum absolute atomic E-state index is 0.0645. The van der Waals surface area contributed by atoms with Crippen LogP contribution in [0.2, 0.25) is 0 Å². The van der Waals surface area contributed by atoms with E-state index in [4.69, 9.17) is 4.74 Å². The van der Waals surface area contributed by atoms with Gasteiger partial charge in [0.05, 0.1) is 7.11 Å². The lowest BCUT2D eigenvalue weighted by Crippen LogP contribution is -2.48. The normalized spacial score (nSPS) is 18.5. The number of alkyl halides is 3. The molecule has 0 bridgehead atoms. The highest BCUT2D eigenvalue weighted by Crippen LogP contribution is 2.52. The highest BCUT2D eigenvalue weighted by atomic mass is 19.4. The fourth-order valence-corrected chi connectivity index (χ4v) is 4.22. The zero-order valence-corrected chi connectivity index (χ0v) is 18.4. The number of rotatable bonds is 8. The van der Waals surface area contributed by atoms with Gasteiger partial charge in [0.2, 0.25) is 0 Å². The molecule has 1 unspecified atom stereocenters. The van der Waals surface area contributed by atoms with E-state index in [0.29, 0.717) is 31.2 Å². The van der Waals surface area contributed by atoms with E-state index < -0.39 is 17.7 Å². The maximum atomic E-state index is 14.1. The summed E-state index contributed by atoms with van der Waals surface area (Å²) < 4.78 is 47.5. The third-order valence-corrected chi connectivity index (χ3v) is 5.90. The number of methoxy groups -OCH3 is 1. The van der Waals surface area contributed by atoms with Gasteiger partial charge in [0.1, 0.15) is 5.75 Å². The molecule has 2 nitrogen and oxygen atoms in total. The van der Waals surface area contributed by atoms with Crippen molar-refractivity contribution in [2.45, 2.75) is 71.1 Å². The van der Waals surface area contributed by atoms with E-state index >= 15 is 0 Å². The Morgan fingerprint density at radius 1 is 1.17 bits per heavy atom. The van der Waals surface area contributed by atoms with Gasteiger partial charge < -0.3 is 9.84 Å². The van der Waals surface area contributed by atoms with E-state index in [1.165, 1.54) is 18.7 Å². The summed E-state index contributed by atoms with van der Waals surface area (Å²) in [7, 11) is 1.34. The largest absolute Gasteiger partial charge is 0.496 e. The first-order valence-corrected chi connectivity index (χ1v) is 10.6. The number of halogens is 3. The molecule has 0 aliphatic heterocycles. The minimum atomic E-state index is -4.77. The molecule has 1 atom stereocenters. The molecule has 1 N–H and O–H groups in total. The van der Waals surface area contributed by atoms with Gasteiger partial charge in [0.25, 0.3) is 0 Å². The summed E-state index contributed by atoms with van der Waals surface area (Å²) in [5, 5.41) is 10.9. The maximum Gasteiger partial charge on any atom is 0.421 e. The number of ether oxygens (including phenoxy) is 1. The molecule has 166 valence electrons. The second-order valence-electron chi connectivity index (χ2n) is 8.16. The number of benzene rings is 1. The third-order valence-electron chi connectivity index (χ3n) is 5.90. The standard InChI is InChI=1S/C25H33F3O2/c1-5-11-18(2)12-7-6-8-13-20-17-23(30-4)22(16-19(20)3)24(29,25(26,27)28)21-14-9-10-15-21/h6-8,12-13,16-17,21,29H,5,9-11,14-15H2,1-4H3/b7-6-,13-8+,18-12+. The van der Waals surface area contributed by atoms with Crippen LogP contribution >= 0.6 is 0 Å². The van der Waals surface area contributed by atoms with Gasteiger partial charge in [-0.15, -0.1) is 0 Å². The molecular formula is C25H33F3O2. The molecule has 1 aliphatic carbocycles. The molecule has 0 saturated heterocycles. The van der Waals surface area contributed by atoms with Gasteiger partial charge in [-0.3, -0.25) is 0 Å². The molecule has 0 amide bonds. The predicted octanol–water partition coefficient (Wildman–Crippen LogP) is 7.26. The van der Waals surface area contributed by atoms with Crippen LogP contribution in [-0.4, -0.2) is 18.4 Å². The fraction of sp³-hybridized carbons (Fsp3) is 0.520. The summed E-state index contributed by atoms with van der Waals surface area (Å²) in [4.78, 5) is 0. The summed E-state index contributed by atoms with van der Waals surface area (Å²) in [6.07, 6.45) is 9.07. The monoisotopic (exact) mass is 422 g/mol. The van der Waals surface area contributed by atoms with Crippen LogP contribution in [-0.2, 0) is 5.60 Å². The Morgan fingerprint density at radius 2 is 1.83 bits per heavy atom. The van der Waals surface area contributed by atoms with Crippen molar-refractivity contribution >= 4 is 6.08 Å². The van der Waals surface area contributed by atoms with Crippen LogP contribution < -0.4 is 4.74 Å². The van der Waals surface area contributed by atoms with E-state index in [0.717, 1.165) is 18.4 Å². The lowest BCUT2D eigenvalue weighted by molar-refractivity contribution is -0.286. The molecule has 1 aromatic rings. The first kappa shape index (κ1) is 24.3. The van der Waals surface area contributed by atoms with Crippen molar-refractivity contribution in [1.29, 1.82) is 0 Å². The summed E-state index contributed by atoms with van der Waals surface area (Å²) in [5.74, 6) is -0.789. The molecule has 0 radical (unpaired) electrons. The van der Waals surface area contributed by atoms with Crippen LogP contribution in [0, 0.1) is 12.8 Å². The molecule has 0 heterocycles. The lowest BCUT2D eigenvalue weighted by atomic mass is 9.78. The van der Waals surface area contributed by atoms with Gasteiger partial charge in [-0.1, -0.05) is 62.1 Å². The Labute approximate surface area is 178 Å². The van der Waals surface area contributed by atoms with Gasteiger partial charge >= 0.3 is 6.18 Å². The average Bonchev–Trinajstić information content (AvgIpc) is 3.22. The van der Waals surface area contributed by atoms with E-state index in [1.54, 1.807) is 13.0 Å². The zero-order chi connectivity index (χ0) is 22.4. The van der Waals surface area contributed by atoms with Crippen molar-refractivity contribution in [2.24, 2.45) is 5.92 Å². The third kappa shape index (κ3) is 5.37. The van der Waals surface area contributed by atoms with Gasteiger partial charge in [0, 0.05) is 11.5 Å². The Bertz CT molecular complexity index is 799. The average molecular weight is 423 g/mol. The summed E-state index contributed by atoms with van der Waals surface area (Å²) >= 11 is 0. The molecule has 30 heavy (non-hydrogen) atoms. The molecule has 1 fully saturated rings. The Morgan fingerprint density at radius 3 is 2.40 bits per heavy atom. The molecular weight excluding hydrogens is 389 g/mol. The van der Waals surface area contributed by atoms with Crippen molar-refractivity contribution < 1.29 is 23.0 Å². The number of hydrogen-bond acceptors (Lipinski definition) is 2. The van der Waals surface area contributed by atoms with Crippen molar-refractivity contribution in [3.05, 3.63) is 58.7 Å². The summed E-state index contributed by atoms with van der Waals surface area (Å²) in [5.41, 5.74) is -0.377. The van der Waals surface area contributed by atoms with Crippen LogP contribution in [0.5, 0.6) is 5.75 Å². The van der Waals surface area contributed by atoms with E-state index in [1.807, 2.05) is 24.3 Å². The second-order valence-corrected chi connectivity index (χ2v) is 8.16. The first-order chi connectivity index (χ1) is 14.1. The molecule has 5 heteroatoms. The quantitative estimate of drug-likeness (QED) is 0.447. The van der Waals surface area contributed by atoms with Crippen molar-refractivity contribution in [3.8, 4) is 5.75 Å². The maximum absolute atomic E-state index is 14.1. The van der Waals surface area contributed by atoms with Crippen LogP contribution in [0.1, 0.15) is 69.1 Å². The van der Waals surface area contributed by atoms with Crippen LogP contribution in [0.3, 0.4) is 0 Å². The topological polar surface area (TPSA) is 29.5 Å². The minimum Gasteiger partial charge on any atom is -0.496 e. The van der Waals surface area contributed by atoms with E-state index in [2.05, 4.69) is 19.9 Å². The molecule has 0 aromatic heterocycles. The fourth-order valence-electron chi connectivity index (χ4n) is 4.22. The zero-order valence-electron chi connectivity index (χ0n) is 18.4.